The first-order valence-electron chi connectivity index (χ1n) is 6.63. The Morgan fingerprint density at radius 2 is 1.86 bits per heavy atom. The van der Waals surface area contributed by atoms with Crippen LogP contribution in [0.15, 0.2) is 48.5 Å². The van der Waals surface area contributed by atoms with E-state index < -0.39 is 0 Å². The topological polar surface area (TPSA) is 55.8 Å². The van der Waals surface area contributed by atoms with Crippen molar-refractivity contribution in [2.45, 2.75) is 0 Å². The summed E-state index contributed by atoms with van der Waals surface area (Å²) in [6.45, 7) is 1.02. The molecule has 0 amide bonds. The van der Waals surface area contributed by atoms with Crippen LogP contribution in [0.4, 0.5) is 0 Å². The van der Waals surface area contributed by atoms with Crippen molar-refractivity contribution in [1.29, 1.82) is 0 Å². The Morgan fingerprint density at radius 1 is 1.05 bits per heavy atom. The second kappa shape index (κ2) is 5.71. The van der Waals surface area contributed by atoms with Gasteiger partial charge in [0.05, 0.1) is 0 Å². The van der Waals surface area contributed by atoms with E-state index in [1.807, 2.05) is 6.07 Å². The highest BCUT2D eigenvalue weighted by Gasteiger charge is 2.13. The zero-order valence-electron chi connectivity index (χ0n) is 11.3. The molecule has 0 fully saturated rings. The number of allylic oxidation sites excluding steroid dienone is 1. The van der Waals surface area contributed by atoms with Crippen molar-refractivity contribution in [2.24, 2.45) is 0 Å². The van der Waals surface area contributed by atoms with Gasteiger partial charge < -0.3 is 14.6 Å². The number of aromatic hydroxyl groups is 1. The van der Waals surface area contributed by atoms with Crippen LogP contribution in [-0.2, 0) is 0 Å². The Labute approximate surface area is 122 Å². The van der Waals surface area contributed by atoms with Crippen molar-refractivity contribution in [3.63, 3.8) is 0 Å². The van der Waals surface area contributed by atoms with E-state index in [-0.39, 0.29) is 11.5 Å². The highest BCUT2D eigenvalue weighted by atomic mass is 16.6. The molecule has 0 aromatic heterocycles. The van der Waals surface area contributed by atoms with Crippen molar-refractivity contribution in [3.8, 4) is 17.2 Å². The molecular weight excluding hydrogens is 268 g/mol. The van der Waals surface area contributed by atoms with Crippen molar-refractivity contribution < 1.29 is 19.4 Å². The molecule has 1 heterocycles. The van der Waals surface area contributed by atoms with Gasteiger partial charge in [0, 0.05) is 5.56 Å². The van der Waals surface area contributed by atoms with Gasteiger partial charge in [0.1, 0.15) is 19.0 Å². The predicted molar refractivity (Wildman–Crippen MR) is 78.9 cm³/mol. The highest BCUT2D eigenvalue weighted by Crippen LogP contribution is 2.31. The summed E-state index contributed by atoms with van der Waals surface area (Å²) in [5, 5.41) is 9.38. The SMILES string of the molecule is O=C(/C=C/c1cccc(O)c1)c1ccc2c(c1)OCCO2. The van der Waals surface area contributed by atoms with E-state index in [4.69, 9.17) is 9.47 Å². The quantitative estimate of drug-likeness (QED) is 0.694. The summed E-state index contributed by atoms with van der Waals surface area (Å²) in [5.74, 6) is 1.30. The number of ether oxygens (including phenoxy) is 2. The summed E-state index contributed by atoms with van der Waals surface area (Å²) in [6, 6.07) is 11.8. The van der Waals surface area contributed by atoms with Crippen LogP contribution in [0, 0.1) is 0 Å². The lowest BCUT2D eigenvalue weighted by Crippen LogP contribution is -2.15. The Morgan fingerprint density at radius 3 is 2.67 bits per heavy atom. The molecule has 3 rings (SSSR count). The number of carbonyl (C=O) groups is 1. The Balaban J connectivity index is 1.79. The molecule has 1 N–H and O–H groups in total. The van der Waals surface area contributed by atoms with Crippen LogP contribution in [0.25, 0.3) is 6.08 Å². The van der Waals surface area contributed by atoms with Crippen LogP contribution in [0.2, 0.25) is 0 Å². The summed E-state index contributed by atoms with van der Waals surface area (Å²) >= 11 is 0. The van der Waals surface area contributed by atoms with Gasteiger partial charge in [0.2, 0.25) is 0 Å². The first-order valence-corrected chi connectivity index (χ1v) is 6.63. The average Bonchev–Trinajstić information content (AvgIpc) is 2.52. The average molecular weight is 282 g/mol. The first kappa shape index (κ1) is 13.2. The van der Waals surface area contributed by atoms with Crippen LogP contribution in [0.5, 0.6) is 17.2 Å². The van der Waals surface area contributed by atoms with Gasteiger partial charge in [0.15, 0.2) is 17.3 Å². The fraction of sp³-hybridized carbons (Fsp3) is 0.118. The van der Waals surface area contributed by atoms with Gasteiger partial charge in [-0.05, 0) is 42.0 Å². The zero-order valence-corrected chi connectivity index (χ0v) is 11.3. The molecule has 2 aromatic carbocycles. The second-order valence-electron chi connectivity index (χ2n) is 4.65. The Hall–Kier alpha value is -2.75. The molecular formula is C17H14O4. The summed E-state index contributed by atoms with van der Waals surface area (Å²) in [7, 11) is 0. The van der Waals surface area contributed by atoms with Gasteiger partial charge in [0.25, 0.3) is 0 Å². The van der Waals surface area contributed by atoms with E-state index in [0.29, 0.717) is 30.3 Å². The van der Waals surface area contributed by atoms with Gasteiger partial charge >= 0.3 is 0 Å². The fourth-order valence-corrected chi connectivity index (χ4v) is 2.09. The molecule has 0 saturated carbocycles. The van der Waals surface area contributed by atoms with Crippen LogP contribution in [0.3, 0.4) is 0 Å². The van der Waals surface area contributed by atoms with E-state index >= 15 is 0 Å². The Kier molecular flexibility index (Phi) is 3.60. The number of fused-ring (bicyclic) bond motifs is 1. The maximum atomic E-state index is 12.1. The number of hydrogen-bond donors (Lipinski definition) is 1. The highest BCUT2D eigenvalue weighted by molar-refractivity contribution is 6.07. The number of hydrogen-bond acceptors (Lipinski definition) is 4. The van der Waals surface area contributed by atoms with E-state index in [1.54, 1.807) is 42.5 Å². The minimum Gasteiger partial charge on any atom is -0.508 e. The third-order valence-electron chi connectivity index (χ3n) is 3.12. The summed E-state index contributed by atoms with van der Waals surface area (Å²) in [5.41, 5.74) is 1.30. The third kappa shape index (κ3) is 3.05. The molecule has 4 nitrogen and oxygen atoms in total. The van der Waals surface area contributed by atoms with Crippen LogP contribution >= 0.6 is 0 Å². The molecule has 0 saturated heterocycles. The van der Waals surface area contributed by atoms with E-state index in [9.17, 15) is 9.90 Å². The van der Waals surface area contributed by atoms with E-state index in [0.717, 1.165) is 5.56 Å². The van der Waals surface area contributed by atoms with Crippen LogP contribution in [0.1, 0.15) is 15.9 Å². The first-order chi connectivity index (χ1) is 10.2. The second-order valence-corrected chi connectivity index (χ2v) is 4.65. The fourth-order valence-electron chi connectivity index (χ4n) is 2.09. The molecule has 106 valence electrons. The number of rotatable bonds is 3. The smallest absolute Gasteiger partial charge is 0.185 e. The van der Waals surface area contributed by atoms with Gasteiger partial charge in [-0.25, -0.2) is 0 Å². The molecule has 1 aliphatic rings. The molecule has 0 spiro atoms. The van der Waals surface area contributed by atoms with E-state index in [2.05, 4.69) is 0 Å². The lowest BCUT2D eigenvalue weighted by molar-refractivity contribution is 0.104. The number of benzene rings is 2. The lowest BCUT2D eigenvalue weighted by Gasteiger charge is -2.18. The number of carbonyl (C=O) groups excluding carboxylic acids is 1. The molecule has 2 aromatic rings. The monoisotopic (exact) mass is 282 g/mol. The minimum absolute atomic E-state index is 0.129. The maximum Gasteiger partial charge on any atom is 0.185 e. The largest absolute Gasteiger partial charge is 0.508 e. The van der Waals surface area contributed by atoms with Crippen LogP contribution in [-0.4, -0.2) is 24.1 Å². The van der Waals surface area contributed by atoms with Crippen molar-refractivity contribution in [2.75, 3.05) is 13.2 Å². The van der Waals surface area contributed by atoms with Crippen molar-refractivity contribution in [3.05, 3.63) is 59.7 Å². The molecule has 0 unspecified atom stereocenters. The predicted octanol–water partition coefficient (Wildman–Crippen LogP) is 3.06. The summed E-state index contributed by atoms with van der Waals surface area (Å²) in [4.78, 5) is 12.1. The third-order valence-corrected chi connectivity index (χ3v) is 3.12. The van der Waals surface area contributed by atoms with Gasteiger partial charge in [-0.15, -0.1) is 0 Å². The molecule has 0 bridgehead atoms. The van der Waals surface area contributed by atoms with Crippen LogP contribution < -0.4 is 9.47 Å². The zero-order chi connectivity index (χ0) is 14.7. The van der Waals surface area contributed by atoms with Gasteiger partial charge in [-0.3, -0.25) is 4.79 Å². The standard InChI is InChI=1S/C17H14O4/c18-14-3-1-2-12(10-14)4-6-15(19)13-5-7-16-17(11-13)21-9-8-20-16/h1-7,10-11,18H,8-9H2/b6-4+. The van der Waals surface area contributed by atoms with E-state index in [1.165, 1.54) is 6.08 Å². The molecule has 0 radical (unpaired) electrons. The normalized spacial score (nSPS) is 13.3. The molecule has 4 heteroatoms. The Bertz CT molecular complexity index is 704. The number of phenols is 1. The maximum absolute atomic E-state index is 12.1. The molecule has 0 aliphatic carbocycles. The van der Waals surface area contributed by atoms with Gasteiger partial charge in [-0.2, -0.15) is 0 Å². The van der Waals surface area contributed by atoms with Crippen molar-refractivity contribution >= 4 is 11.9 Å². The molecule has 1 aliphatic heterocycles. The summed E-state index contributed by atoms with van der Waals surface area (Å²) < 4.78 is 10.9. The molecule has 21 heavy (non-hydrogen) atoms. The number of phenolic OH excluding ortho intramolecular Hbond substituents is 1. The van der Waals surface area contributed by atoms with Gasteiger partial charge in [-0.1, -0.05) is 18.2 Å². The lowest BCUT2D eigenvalue weighted by atomic mass is 10.1. The summed E-state index contributed by atoms with van der Waals surface area (Å²) in [6.07, 6.45) is 3.14. The number of ketones is 1. The molecule has 0 atom stereocenters. The minimum atomic E-state index is -0.129. The van der Waals surface area contributed by atoms with Crippen molar-refractivity contribution in [1.82, 2.24) is 0 Å².